The van der Waals surface area contributed by atoms with Gasteiger partial charge in [0.25, 0.3) is 0 Å². The van der Waals surface area contributed by atoms with Gasteiger partial charge in [-0.25, -0.2) is 0 Å². The van der Waals surface area contributed by atoms with Gasteiger partial charge in [-0.3, -0.25) is 9.59 Å². The van der Waals surface area contributed by atoms with Crippen molar-refractivity contribution in [2.24, 2.45) is 0 Å². The molecule has 0 radical (unpaired) electrons. The van der Waals surface area contributed by atoms with Gasteiger partial charge in [-0.15, -0.1) is 11.8 Å². The average Bonchev–Trinajstić information content (AvgIpc) is 2.81. The predicted octanol–water partition coefficient (Wildman–Crippen LogP) is 6.08. The Balaban J connectivity index is 1.83. The third-order valence-electron chi connectivity index (χ3n) is 5.64. The summed E-state index contributed by atoms with van der Waals surface area (Å²) in [6.45, 7) is 6.97. The van der Waals surface area contributed by atoms with Crippen LogP contribution in [0.1, 0.15) is 34.7 Å². The zero-order valence-electron chi connectivity index (χ0n) is 20.6. The van der Waals surface area contributed by atoms with Crippen LogP contribution in [0, 0.1) is 13.8 Å². The number of rotatable bonds is 11. The average molecular weight is 554 g/mol. The Morgan fingerprint density at radius 3 is 2.26 bits per heavy atom. The fourth-order valence-electron chi connectivity index (χ4n) is 4.17. The molecule has 0 heterocycles. The molecule has 0 aliphatic rings. The number of amides is 2. The highest BCUT2D eigenvalue weighted by Crippen LogP contribution is 2.21. The third kappa shape index (κ3) is 8.55. The van der Waals surface area contributed by atoms with Crippen molar-refractivity contribution in [3.63, 3.8) is 0 Å². The highest BCUT2D eigenvalue weighted by atomic mass is 79.9. The van der Waals surface area contributed by atoms with Crippen molar-refractivity contribution in [3.05, 3.63) is 105 Å². The zero-order valence-corrected chi connectivity index (χ0v) is 23.0. The van der Waals surface area contributed by atoms with E-state index in [1.165, 1.54) is 16.7 Å². The van der Waals surface area contributed by atoms with Crippen molar-refractivity contribution in [2.45, 2.75) is 45.5 Å². The summed E-state index contributed by atoms with van der Waals surface area (Å²) in [5.74, 6) is 0.903. The van der Waals surface area contributed by atoms with Gasteiger partial charge in [0.2, 0.25) is 11.8 Å². The lowest BCUT2D eigenvalue weighted by atomic mass is 10.0. The molecule has 0 aliphatic heterocycles. The molecule has 35 heavy (non-hydrogen) atoms. The molecule has 0 bridgehead atoms. The van der Waals surface area contributed by atoms with Gasteiger partial charge in [-0.1, -0.05) is 87.7 Å². The molecule has 0 spiro atoms. The summed E-state index contributed by atoms with van der Waals surface area (Å²) in [5, 5.41) is 2.94. The predicted molar refractivity (Wildman–Crippen MR) is 149 cm³/mol. The first-order valence-electron chi connectivity index (χ1n) is 11.9. The molecule has 0 saturated carbocycles. The molecule has 184 valence electrons. The largest absolute Gasteiger partial charge is 0.355 e. The molecular weight excluding hydrogens is 520 g/mol. The molecule has 0 unspecified atom stereocenters. The SMILES string of the molecule is CCNC(=O)[C@@H](Cc1ccccc1)N(Cc1cccc(Br)c1)C(=O)CSCc1cc(C)cc(C)c1. The first-order chi connectivity index (χ1) is 16.9. The quantitative estimate of drug-likeness (QED) is 0.313. The van der Waals surface area contributed by atoms with E-state index in [-0.39, 0.29) is 11.8 Å². The molecule has 1 atom stereocenters. The van der Waals surface area contributed by atoms with Crippen molar-refractivity contribution in [1.82, 2.24) is 10.2 Å². The molecule has 4 nitrogen and oxygen atoms in total. The Morgan fingerprint density at radius 1 is 0.914 bits per heavy atom. The van der Waals surface area contributed by atoms with Crippen molar-refractivity contribution < 1.29 is 9.59 Å². The van der Waals surface area contributed by atoms with Gasteiger partial charge in [0, 0.05) is 29.7 Å². The van der Waals surface area contributed by atoms with Crippen LogP contribution < -0.4 is 5.32 Å². The number of thioether (sulfide) groups is 1. The number of hydrogen-bond acceptors (Lipinski definition) is 3. The summed E-state index contributed by atoms with van der Waals surface area (Å²) < 4.78 is 0.948. The molecule has 2 amide bonds. The van der Waals surface area contributed by atoms with Crippen molar-refractivity contribution in [3.8, 4) is 0 Å². The number of nitrogens with one attached hydrogen (secondary N) is 1. The summed E-state index contributed by atoms with van der Waals surface area (Å²) in [7, 11) is 0. The van der Waals surface area contributed by atoms with Crippen LogP contribution in [0.25, 0.3) is 0 Å². The van der Waals surface area contributed by atoms with Gasteiger partial charge in [0.15, 0.2) is 0 Å². The second kappa shape index (κ2) is 13.5. The van der Waals surface area contributed by atoms with Crippen LogP contribution in [-0.2, 0) is 28.3 Å². The van der Waals surface area contributed by atoms with E-state index in [0.29, 0.717) is 25.3 Å². The van der Waals surface area contributed by atoms with Gasteiger partial charge in [0.1, 0.15) is 6.04 Å². The smallest absolute Gasteiger partial charge is 0.243 e. The Labute approximate surface area is 221 Å². The zero-order chi connectivity index (χ0) is 25.2. The second-order valence-electron chi connectivity index (χ2n) is 8.74. The fraction of sp³-hybridized carbons (Fsp3) is 0.310. The third-order valence-corrected chi connectivity index (χ3v) is 7.12. The number of carbonyl (C=O) groups is 2. The van der Waals surface area contributed by atoms with Crippen LogP contribution in [0.5, 0.6) is 0 Å². The van der Waals surface area contributed by atoms with E-state index in [2.05, 4.69) is 53.3 Å². The molecule has 0 aliphatic carbocycles. The first kappa shape index (κ1) is 27.0. The van der Waals surface area contributed by atoms with Gasteiger partial charge >= 0.3 is 0 Å². The molecule has 3 aromatic rings. The molecular formula is C29H33BrN2O2S. The lowest BCUT2D eigenvalue weighted by molar-refractivity contribution is -0.139. The number of carbonyl (C=O) groups excluding carboxylic acids is 2. The van der Waals surface area contributed by atoms with Crippen LogP contribution in [0.15, 0.2) is 77.3 Å². The number of aryl methyl sites for hydroxylation is 2. The lowest BCUT2D eigenvalue weighted by Gasteiger charge is -2.31. The Bertz CT molecular complexity index is 1120. The van der Waals surface area contributed by atoms with E-state index in [9.17, 15) is 9.59 Å². The van der Waals surface area contributed by atoms with E-state index in [1.54, 1.807) is 16.7 Å². The molecule has 0 aromatic heterocycles. The minimum absolute atomic E-state index is 0.0356. The van der Waals surface area contributed by atoms with Crippen molar-refractivity contribution >= 4 is 39.5 Å². The van der Waals surface area contributed by atoms with Crippen molar-refractivity contribution in [1.29, 1.82) is 0 Å². The molecule has 3 rings (SSSR count). The highest BCUT2D eigenvalue weighted by Gasteiger charge is 2.30. The maximum atomic E-state index is 13.6. The number of hydrogen-bond donors (Lipinski definition) is 1. The minimum Gasteiger partial charge on any atom is -0.355 e. The first-order valence-corrected chi connectivity index (χ1v) is 13.8. The summed E-state index contributed by atoms with van der Waals surface area (Å²) in [6, 6.07) is 23.7. The summed E-state index contributed by atoms with van der Waals surface area (Å²) in [6.07, 6.45) is 0.466. The second-order valence-corrected chi connectivity index (χ2v) is 10.6. The highest BCUT2D eigenvalue weighted by molar-refractivity contribution is 9.10. The molecule has 1 N–H and O–H groups in total. The monoisotopic (exact) mass is 552 g/mol. The Kier molecular flexibility index (Phi) is 10.4. The summed E-state index contributed by atoms with van der Waals surface area (Å²) in [5.41, 5.74) is 5.67. The normalized spacial score (nSPS) is 11.7. The standard InChI is InChI=1S/C29H33BrN2O2S/c1-4-31-29(34)27(17-23-9-6-5-7-10-23)32(18-24-11-8-12-26(30)16-24)28(33)20-35-19-25-14-21(2)13-22(3)15-25/h5-16,27H,4,17-20H2,1-3H3,(H,31,34)/t27-/m1/s1. The number of likely N-dealkylation sites (N-methyl/N-ethyl adjacent to an activating group) is 1. The maximum Gasteiger partial charge on any atom is 0.243 e. The molecule has 0 fully saturated rings. The summed E-state index contributed by atoms with van der Waals surface area (Å²) in [4.78, 5) is 28.6. The lowest BCUT2D eigenvalue weighted by Crippen LogP contribution is -2.51. The van der Waals surface area contributed by atoms with E-state index < -0.39 is 6.04 Å². The fourth-order valence-corrected chi connectivity index (χ4v) is 5.46. The van der Waals surface area contributed by atoms with E-state index >= 15 is 0 Å². The summed E-state index contributed by atoms with van der Waals surface area (Å²) >= 11 is 5.12. The number of nitrogens with zero attached hydrogens (tertiary/aromatic N) is 1. The Morgan fingerprint density at radius 2 is 1.60 bits per heavy atom. The van der Waals surface area contributed by atoms with Gasteiger partial charge < -0.3 is 10.2 Å². The number of benzene rings is 3. The number of halogens is 1. The van der Waals surface area contributed by atoms with Crippen LogP contribution in [-0.4, -0.2) is 35.1 Å². The van der Waals surface area contributed by atoms with Crippen LogP contribution in [0.3, 0.4) is 0 Å². The molecule has 6 heteroatoms. The van der Waals surface area contributed by atoms with Gasteiger partial charge in [-0.2, -0.15) is 0 Å². The van der Waals surface area contributed by atoms with Crippen molar-refractivity contribution in [2.75, 3.05) is 12.3 Å². The van der Waals surface area contributed by atoms with E-state index in [4.69, 9.17) is 0 Å². The van der Waals surface area contributed by atoms with Crippen LogP contribution in [0.2, 0.25) is 0 Å². The Hall–Kier alpha value is -2.57. The molecule has 0 saturated heterocycles. The van der Waals surface area contributed by atoms with Crippen LogP contribution >= 0.6 is 27.7 Å². The maximum absolute atomic E-state index is 13.6. The van der Waals surface area contributed by atoms with Crippen LogP contribution in [0.4, 0.5) is 0 Å². The topological polar surface area (TPSA) is 49.4 Å². The van der Waals surface area contributed by atoms with E-state index in [0.717, 1.165) is 21.4 Å². The minimum atomic E-state index is -0.592. The van der Waals surface area contributed by atoms with Gasteiger partial charge in [0.05, 0.1) is 5.75 Å². The van der Waals surface area contributed by atoms with Gasteiger partial charge in [-0.05, 0) is 49.6 Å². The van der Waals surface area contributed by atoms with E-state index in [1.807, 2.05) is 61.5 Å². The molecule has 3 aromatic carbocycles.